The van der Waals surface area contributed by atoms with Crippen molar-refractivity contribution in [1.82, 2.24) is 15.5 Å². The maximum atomic E-state index is 10.7. The van der Waals surface area contributed by atoms with Crippen molar-refractivity contribution in [2.24, 2.45) is 0 Å². The summed E-state index contributed by atoms with van der Waals surface area (Å²) in [5.41, 5.74) is 1.49. The lowest BCUT2D eigenvalue weighted by Crippen LogP contribution is -2.19. The zero-order chi connectivity index (χ0) is 15.4. The lowest BCUT2D eigenvalue weighted by atomic mass is 10.1. The molecule has 2 aromatic rings. The number of nitrogens with zero attached hydrogens (tertiary/aromatic N) is 3. The molecule has 0 radical (unpaired) electrons. The molecule has 1 aromatic heterocycles. The van der Waals surface area contributed by atoms with Crippen LogP contribution >= 0.6 is 0 Å². The summed E-state index contributed by atoms with van der Waals surface area (Å²) >= 11 is 0. The van der Waals surface area contributed by atoms with Gasteiger partial charge in [0.15, 0.2) is 0 Å². The zero-order valence-corrected chi connectivity index (χ0v) is 12.3. The van der Waals surface area contributed by atoms with Gasteiger partial charge in [-0.1, -0.05) is 6.92 Å². The summed E-state index contributed by atoms with van der Waals surface area (Å²) in [5, 5.41) is 22.1. The number of hydrogen-bond acceptors (Lipinski definition) is 6. The molecular weight excluding hydrogens is 272 g/mol. The monoisotopic (exact) mass is 290 g/mol. The molecule has 2 rings (SSSR count). The van der Waals surface area contributed by atoms with Crippen LogP contribution in [0.4, 0.5) is 5.69 Å². The summed E-state index contributed by atoms with van der Waals surface area (Å²) in [6.07, 6.45) is 1.02. The molecule has 1 aromatic carbocycles. The van der Waals surface area contributed by atoms with Gasteiger partial charge in [0.1, 0.15) is 0 Å². The van der Waals surface area contributed by atoms with Gasteiger partial charge in [-0.2, -0.15) is 0 Å². The Morgan fingerprint density at radius 1 is 1.43 bits per heavy atom. The molecule has 0 spiro atoms. The lowest BCUT2D eigenvalue weighted by molar-refractivity contribution is -0.384. The van der Waals surface area contributed by atoms with Crippen LogP contribution in [-0.2, 0) is 0 Å². The molecule has 0 saturated carbocycles. The first kappa shape index (κ1) is 15.1. The first-order valence-electron chi connectivity index (χ1n) is 6.85. The highest BCUT2D eigenvalue weighted by molar-refractivity contribution is 5.60. The second-order valence-corrected chi connectivity index (χ2v) is 4.88. The molecule has 112 valence electrons. The Hall–Kier alpha value is -2.28. The summed E-state index contributed by atoms with van der Waals surface area (Å²) in [4.78, 5) is 10.3. The van der Waals surface area contributed by atoms with Crippen LogP contribution < -0.4 is 5.32 Å². The second-order valence-electron chi connectivity index (χ2n) is 4.88. The summed E-state index contributed by atoms with van der Waals surface area (Å²) in [7, 11) is 0. The molecule has 0 aliphatic rings. The Morgan fingerprint density at radius 3 is 2.81 bits per heavy atom. The fraction of sp³-hybridized carbons (Fsp3) is 0.429. The van der Waals surface area contributed by atoms with Crippen LogP contribution in [0, 0.1) is 17.0 Å². The second kappa shape index (κ2) is 6.45. The Bertz CT molecular complexity index is 639. The highest BCUT2D eigenvalue weighted by atomic mass is 16.6. The predicted octanol–water partition coefficient (Wildman–Crippen LogP) is 3.01. The van der Waals surface area contributed by atoms with Crippen LogP contribution in [0.2, 0.25) is 0 Å². The number of aromatic nitrogens is 2. The fourth-order valence-electron chi connectivity index (χ4n) is 1.97. The van der Waals surface area contributed by atoms with Crippen molar-refractivity contribution in [3.05, 3.63) is 39.8 Å². The molecule has 1 atom stereocenters. The minimum absolute atomic E-state index is 0.0236. The SMILES string of the molecule is CCCNC(C)c1nnc(-c2ccc([N+](=O)[O-])cc2C)o1. The highest BCUT2D eigenvalue weighted by Gasteiger charge is 2.17. The van der Waals surface area contributed by atoms with Crippen molar-refractivity contribution in [1.29, 1.82) is 0 Å². The van der Waals surface area contributed by atoms with Gasteiger partial charge in [0.05, 0.1) is 11.0 Å². The molecule has 0 aliphatic heterocycles. The van der Waals surface area contributed by atoms with E-state index in [9.17, 15) is 10.1 Å². The largest absolute Gasteiger partial charge is 0.419 e. The molecule has 0 amide bonds. The molecular formula is C14H18N4O3. The van der Waals surface area contributed by atoms with Gasteiger partial charge >= 0.3 is 0 Å². The zero-order valence-electron chi connectivity index (χ0n) is 12.3. The number of benzene rings is 1. The van der Waals surface area contributed by atoms with Crippen molar-refractivity contribution in [2.45, 2.75) is 33.2 Å². The third-order valence-corrected chi connectivity index (χ3v) is 3.16. The van der Waals surface area contributed by atoms with Crippen molar-refractivity contribution in [2.75, 3.05) is 6.54 Å². The number of aryl methyl sites for hydroxylation is 1. The number of non-ortho nitro benzene ring substituents is 1. The maximum Gasteiger partial charge on any atom is 0.269 e. The van der Waals surface area contributed by atoms with Crippen LogP contribution in [0.15, 0.2) is 22.6 Å². The quantitative estimate of drug-likeness (QED) is 0.649. The van der Waals surface area contributed by atoms with E-state index in [1.807, 2.05) is 6.92 Å². The van der Waals surface area contributed by atoms with E-state index in [4.69, 9.17) is 4.42 Å². The third kappa shape index (κ3) is 3.43. The predicted molar refractivity (Wildman–Crippen MR) is 77.8 cm³/mol. The summed E-state index contributed by atoms with van der Waals surface area (Å²) in [6, 6.07) is 4.54. The van der Waals surface area contributed by atoms with Crippen molar-refractivity contribution in [3.63, 3.8) is 0 Å². The molecule has 0 fully saturated rings. The molecule has 0 bridgehead atoms. The lowest BCUT2D eigenvalue weighted by Gasteiger charge is -2.07. The minimum Gasteiger partial charge on any atom is -0.419 e. The average molecular weight is 290 g/mol. The van der Waals surface area contributed by atoms with E-state index in [2.05, 4.69) is 22.4 Å². The maximum absolute atomic E-state index is 10.7. The van der Waals surface area contributed by atoms with Gasteiger partial charge < -0.3 is 9.73 Å². The molecule has 1 unspecified atom stereocenters. The minimum atomic E-state index is -0.424. The Kier molecular flexibility index (Phi) is 4.64. The van der Waals surface area contributed by atoms with E-state index in [1.165, 1.54) is 12.1 Å². The van der Waals surface area contributed by atoms with Gasteiger partial charge in [0, 0.05) is 17.7 Å². The summed E-state index contributed by atoms with van der Waals surface area (Å²) in [5.74, 6) is 0.888. The third-order valence-electron chi connectivity index (χ3n) is 3.16. The van der Waals surface area contributed by atoms with E-state index < -0.39 is 4.92 Å². The molecule has 0 aliphatic carbocycles. The first-order valence-corrected chi connectivity index (χ1v) is 6.85. The van der Waals surface area contributed by atoms with Crippen molar-refractivity contribution in [3.8, 4) is 11.5 Å². The van der Waals surface area contributed by atoms with Crippen LogP contribution in [0.25, 0.3) is 11.5 Å². The van der Waals surface area contributed by atoms with Gasteiger partial charge in [-0.15, -0.1) is 10.2 Å². The number of hydrogen-bond donors (Lipinski definition) is 1. The van der Waals surface area contributed by atoms with Crippen LogP contribution in [0.3, 0.4) is 0 Å². The highest BCUT2D eigenvalue weighted by Crippen LogP contribution is 2.26. The average Bonchev–Trinajstić information content (AvgIpc) is 2.94. The smallest absolute Gasteiger partial charge is 0.269 e. The van der Waals surface area contributed by atoms with Gasteiger partial charge in [-0.05, 0) is 38.4 Å². The van der Waals surface area contributed by atoms with Crippen molar-refractivity contribution < 1.29 is 9.34 Å². The normalized spacial score (nSPS) is 12.3. The summed E-state index contributed by atoms with van der Waals surface area (Å²) < 4.78 is 5.66. The van der Waals surface area contributed by atoms with Gasteiger partial charge in [0.2, 0.25) is 11.8 Å². The van der Waals surface area contributed by atoms with E-state index in [0.717, 1.165) is 18.5 Å². The van der Waals surface area contributed by atoms with Crippen molar-refractivity contribution >= 4 is 5.69 Å². The fourth-order valence-corrected chi connectivity index (χ4v) is 1.97. The van der Waals surface area contributed by atoms with Crippen LogP contribution in [0.5, 0.6) is 0 Å². The van der Waals surface area contributed by atoms with Crippen LogP contribution in [-0.4, -0.2) is 21.7 Å². The van der Waals surface area contributed by atoms with E-state index in [-0.39, 0.29) is 11.7 Å². The van der Waals surface area contributed by atoms with E-state index >= 15 is 0 Å². The van der Waals surface area contributed by atoms with Crippen LogP contribution in [0.1, 0.15) is 37.8 Å². The Morgan fingerprint density at radius 2 is 2.19 bits per heavy atom. The summed E-state index contributed by atoms with van der Waals surface area (Å²) in [6.45, 7) is 6.69. The van der Waals surface area contributed by atoms with E-state index in [0.29, 0.717) is 17.3 Å². The Balaban J connectivity index is 2.23. The Labute approximate surface area is 122 Å². The molecule has 7 nitrogen and oxygen atoms in total. The van der Waals surface area contributed by atoms with Gasteiger partial charge in [0.25, 0.3) is 5.69 Å². The van der Waals surface area contributed by atoms with Gasteiger partial charge in [-0.25, -0.2) is 0 Å². The van der Waals surface area contributed by atoms with E-state index in [1.54, 1.807) is 13.0 Å². The molecule has 0 saturated heterocycles. The van der Waals surface area contributed by atoms with Gasteiger partial charge in [-0.3, -0.25) is 10.1 Å². The number of rotatable bonds is 6. The topological polar surface area (TPSA) is 94.1 Å². The first-order chi connectivity index (χ1) is 10.0. The number of nitro benzene ring substituents is 1. The molecule has 7 heteroatoms. The number of nitro groups is 1. The standard InChI is InChI=1S/C14H18N4O3/c1-4-7-15-10(3)13-16-17-14(21-13)12-6-5-11(18(19)20)8-9(12)2/h5-6,8,10,15H,4,7H2,1-3H3. The molecule has 1 N–H and O–H groups in total. The molecule has 1 heterocycles. The molecule has 21 heavy (non-hydrogen) atoms. The number of nitrogens with one attached hydrogen (secondary N) is 1.